The fraction of sp³-hybridized carbons (Fsp3) is 0.800. The molecule has 0 amide bonds. The van der Waals surface area contributed by atoms with Crippen LogP contribution in [0.15, 0.2) is 6.20 Å². The molecule has 1 aliphatic rings. The van der Waals surface area contributed by atoms with E-state index in [1.54, 1.807) is 7.11 Å². The SMILES string of the molecule is COC1CCN(Cc2cn(C(C)C)nc2C)C(CN)C1.Cl. The molecule has 2 unspecified atom stereocenters. The van der Waals surface area contributed by atoms with Gasteiger partial charge in [-0.1, -0.05) is 0 Å². The van der Waals surface area contributed by atoms with Crippen LogP contribution >= 0.6 is 12.4 Å². The number of nitrogens with zero attached hydrogens (tertiary/aromatic N) is 3. The molecule has 1 saturated heterocycles. The molecule has 2 rings (SSSR count). The number of piperidine rings is 1. The highest BCUT2D eigenvalue weighted by atomic mass is 35.5. The maximum absolute atomic E-state index is 5.94. The van der Waals surface area contributed by atoms with Gasteiger partial charge in [0, 0.05) is 50.6 Å². The molecular weight excluding hydrogens is 288 g/mol. The zero-order valence-electron chi connectivity index (χ0n) is 13.6. The minimum absolute atomic E-state index is 0. The van der Waals surface area contributed by atoms with Crippen LogP contribution in [-0.2, 0) is 11.3 Å². The van der Waals surface area contributed by atoms with Gasteiger partial charge >= 0.3 is 0 Å². The lowest BCUT2D eigenvalue weighted by Crippen LogP contribution is -2.48. The standard InChI is InChI=1S/C15H28N4O.ClH/c1-11(2)19-10-13(12(3)17-19)9-18-6-5-15(20-4)7-14(18)8-16;/h10-11,14-15H,5-9,16H2,1-4H3;1H. The first-order chi connectivity index (χ1) is 9.55. The molecule has 2 N–H and O–H groups in total. The Bertz CT molecular complexity index is 435. The van der Waals surface area contributed by atoms with Gasteiger partial charge in [-0.05, 0) is 33.6 Å². The molecule has 0 saturated carbocycles. The van der Waals surface area contributed by atoms with Crippen LogP contribution in [-0.4, -0.2) is 47.0 Å². The van der Waals surface area contributed by atoms with Crippen LogP contribution in [0.3, 0.4) is 0 Å². The predicted octanol–water partition coefficient (Wildman–Crippen LogP) is 2.13. The molecule has 1 aromatic heterocycles. The summed E-state index contributed by atoms with van der Waals surface area (Å²) in [6, 6.07) is 0.822. The van der Waals surface area contributed by atoms with Crippen LogP contribution < -0.4 is 5.73 Å². The Labute approximate surface area is 134 Å². The first-order valence-corrected chi connectivity index (χ1v) is 7.56. The highest BCUT2D eigenvalue weighted by Crippen LogP contribution is 2.22. The van der Waals surface area contributed by atoms with Gasteiger partial charge in [0.1, 0.15) is 0 Å². The van der Waals surface area contributed by atoms with E-state index >= 15 is 0 Å². The van der Waals surface area contributed by atoms with Crippen molar-refractivity contribution in [2.45, 2.75) is 58.3 Å². The Kier molecular flexibility index (Phi) is 7.13. The predicted molar refractivity (Wildman–Crippen MR) is 87.9 cm³/mol. The van der Waals surface area contributed by atoms with Gasteiger partial charge in [0.05, 0.1) is 11.8 Å². The number of methoxy groups -OCH3 is 1. The van der Waals surface area contributed by atoms with Crippen molar-refractivity contribution in [3.63, 3.8) is 0 Å². The maximum atomic E-state index is 5.94. The highest BCUT2D eigenvalue weighted by Gasteiger charge is 2.28. The smallest absolute Gasteiger partial charge is 0.0638 e. The van der Waals surface area contributed by atoms with Crippen LogP contribution in [0.25, 0.3) is 0 Å². The minimum atomic E-state index is 0. The van der Waals surface area contributed by atoms with E-state index in [0.717, 1.165) is 31.6 Å². The van der Waals surface area contributed by atoms with Crippen molar-refractivity contribution in [1.82, 2.24) is 14.7 Å². The van der Waals surface area contributed by atoms with Gasteiger partial charge in [0.2, 0.25) is 0 Å². The maximum Gasteiger partial charge on any atom is 0.0638 e. The fourth-order valence-corrected chi connectivity index (χ4v) is 2.89. The van der Waals surface area contributed by atoms with Crippen LogP contribution in [0.4, 0.5) is 0 Å². The molecule has 0 aromatic carbocycles. The van der Waals surface area contributed by atoms with Crippen molar-refractivity contribution in [3.05, 3.63) is 17.5 Å². The summed E-state index contributed by atoms with van der Waals surface area (Å²) in [6.07, 6.45) is 4.66. The third-order valence-corrected chi connectivity index (χ3v) is 4.32. The number of rotatable bonds is 5. The Morgan fingerprint density at radius 2 is 2.19 bits per heavy atom. The summed E-state index contributed by atoms with van der Waals surface area (Å²) in [5, 5.41) is 4.59. The number of hydrogen-bond acceptors (Lipinski definition) is 4. The minimum Gasteiger partial charge on any atom is -0.381 e. The lowest BCUT2D eigenvalue weighted by molar-refractivity contribution is 0.0101. The van der Waals surface area contributed by atoms with Gasteiger partial charge in [-0.15, -0.1) is 12.4 Å². The zero-order chi connectivity index (χ0) is 14.7. The van der Waals surface area contributed by atoms with E-state index in [9.17, 15) is 0 Å². The Hall–Kier alpha value is -0.620. The van der Waals surface area contributed by atoms with E-state index in [2.05, 4.69) is 37.0 Å². The zero-order valence-corrected chi connectivity index (χ0v) is 14.4. The molecular formula is C15H29ClN4O. The molecule has 21 heavy (non-hydrogen) atoms. The molecule has 2 heterocycles. The number of ether oxygens (including phenoxy) is 1. The summed E-state index contributed by atoms with van der Waals surface area (Å²) in [6.45, 7) is 9.08. The van der Waals surface area contributed by atoms with Crippen LogP contribution in [0.5, 0.6) is 0 Å². The van der Waals surface area contributed by atoms with E-state index in [-0.39, 0.29) is 12.4 Å². The molecule has 0 aliphatic carbocycles. The van der Waals surface area contributed by atoms with Gasteiger partial charge in [-0.2, -0.15) is 5.10 Å². The van der Waals surface area contributed by atoms with Crippen molar-refractivity contribution < 1.29 is 4.74 Å². The van der Waals surface area contributed by atoms with Gasteiger partial charge in [-0.3, -0.25) is 9.58 Å². The van der Waals surface area contributed by atoms with Crippen molar-refractivity contribution in [2.75, 3.05) is 20.2 Å². The number of aromatic nitrogens is 2. The second-order valence-electron chi connectivity index (χ2n) is 6.06. The molecule has 6 heteroatoms. The summed E-state index contributed by atoms with van der Waals surface area (Å²) in [5.41, 5.74) is 8.38. The van der Waals surface area contributed by atoms with Crippen LogP contribution in [0.2, 0.25) is 0 Å². The fourth-order valence-electron chi connectivity index (χ4n) is 2.89. The molecule has 1 aromatic rings. The lowest BCUT2D eigenvalue weighted by atomic mass is 9.98. The average Bonchev–Trinajstić information content (AvgIpc) is 2.81. The Balaban J connectivity index is 0.00000220. The summed E-state index contributed by atoms with van der Waals surface area (Å²) < 4.78 is 7.53. The number of likely N-dealkylation sites (tertiary alicyclic amines) is 1. The number of nitrogens with two attached hydrogens (primary N) is 1. The van der Waals surface area contributed by atoms with Crippen molar-refractivity contribution in [1.29, 1.82) is 0 Å². The Morgan fingerprint density at radius 3 is 2.71 bits per heavy atom. The van der Waals surface area contributed by atoms with Crippen LogP contribution in [0.1, 0.15) is 44.0 Å². The molecule has 1 aliphatic heterocycles. The van der Waals surface area contributed by atoms with Gasteiger partial charge < -0.3 is 10.5 Å². The highest BCUT2D eigenvalue weighted by molar-refractivity contribution is 5.85. The van der Waals surface area contributed by atoms with E-state index in [4.69, 9.17) is 10.5 Å². The van der Waals surface area contributed by atoms with E-state index in [0.29, 0.717) is 24.7 Å². The second-order valence-corrected chi connectivity index (χ2v) is 6.06. The van der Waals surface area contributed by atoms with E-state index in [1.807, 2.05) is 4.68 Å². The topological polar surface area (TPSA) is 56.3 Å². The molecule has 1 fully saturated rings. The molecule has 5 nitrogen and oxygen atoms in total. The second kappa shape index (κ2) is 8.13. The first-order valence-electron chi connectivity index (χ1n) is 7.56. The molecule has 122 valence electrons. The lowest BCUT2D eigenvalue weighted by Gasteiger charge is -2.38. The largest absolute Gasteiger partial charge is 0.381 e. The van der Waals surface area contributed by atoms with Gasteiger partial charge in [-0.25, -0.2) is 0 Å². The number of halogens is 1. The first kappa shape index (κ1) is 18.4. The van der Waals surface area contributed by atoms with E-state index < -0.39 is 0 Å². The van der Waals surface area contributed by atoms with Gasteiger partial charge in [0.25, 0.3) is 0 Å². The monoisotopic (exact) mass is 316 g/mol. The molecule has 0 spiro atoms. The van der Waals surface area contributed by atoms with Crippen LogP contribution in [0, 0.1) is 6.92 Å². The molecule has 0 bridgehead atoms. The molecule has 0 radical (unpaired) electrons. The third-order valence-electron chi connectivity index (χ3n) is 4.32. The van der Waals surface area contributed by atoms with Gasteiger partial charge in [0.15, 0.2) is 0 Å². The quantitative estimate of drug-likeness (QED) is 0.904. The summed E-state index contributed by atoms with van der Waals surface area (Å²) in [7, 11) is 1.80. The Morgan fingerprint density at radius 1 is 1.48 bits per heavy atom. The number of aryl methyl sites for hydroxylation is 1. The number of hydrogen-bond donors (Lipinski definition) is 1. The summed E-state index contributed by atoms with van der Waals surface area (Å²) >= 11 is 0. The normalized spacial score (nSPS) is 23.3. The summed E-state index contributed by atoms with van der Waals surface area (Å²) in [5.74, 6) is 0. The van der Waals surface area contributed by atoms with Crippen molar-refractivity contribution in [2.24, 2.45) is 5.73 Å². The van der Waals surface area contributed by atoms with Crippen molar-refractivity contribution in [3.8, 4) is 0 Å². The van der Waals surface area contributed by atoms with Crippen molar-refractivity contribution >= 4 is 12.4 Å². The molecule has 2 atom stereocenters. The van der Waals surface area contributed by atoms with E-state index in [1.165, 1.54) is 5.56 Å². The average molecular weight is 317 g/mol. The third kappa shape index (κ3) is 4.42. The summed E-state index contributed by atoms with van der Waals surface area (Å²) in [4.78, 5) is 2.48.